The van der Waals surface area contributed by atoms with Gasteiger partial charge in [0.1, 0.15) is 0 Å². The number of fused-ring (bicyclic) bond motifs is 1. The number of nitrogens with one attached hydrogen (secondary N) is 1. The third-order valence-electron chi connectivity index (χ3n) is 3.26. The molecule has 22 heavy (non-hydrogen) atoms. The summed E-state index contributed by atoms with van der Waals surface area (Å²) in [6, 6.07) is 10.4. The SMILES string of the molecule is CC(=O)c1cc2c(cc1NC(=O)c1ccccc1I)OCO2. The Kier molecular flexibility index (Phi) is 4.02. The Hall–Kier alpha value is -2.09. The molecule has 6 heteroatoms. The van der Waals surface area contributed by atoms with Gasteiger partial charge in [0.15, 0.2) is 17.3 Å². The Morgan fingerprint density at radius 2 is 1.77 bits per heavy atom. The van der Waals surface area contributed by atoms with Gasteiger partial charge in [0, 0.05) is 15.2 Å². The zero-order valence-corrected chi connectivity index (χ0v) is 13.8. The molecule has 0 radical (unpaired) electrons. The van der Waals surface area contributed by atoms with Crippen LogP contribution < -0.4 is 14.8 Å². The number of benzene rings is 2. The summed E-state index contributed by atoms with van der Waals surface area (Å²) in [4.78, 5) is 24.2. The van der Waals surface area contributed by atoms with Gasteiger partial charge in [-0.3, -0.25) is 9.59 Å². The number of ketones is 1. The minimum atomic E-state index is -0.272. The van der Waals surface area contributed by atoms with Crippen LogP contribution in [0, 0.1) is 3.57 Å². The highest BCUT2D eigenvalue weighted by Gasteiger charge is 2.21. The van der Waals surface area contributed by atoms with Crippen LogP contribution in [0.1, 0.15) is 27.6 Å². The number of rotatable bonds is 3. The first-order valence-electron chi connectivity index (χ1n) is 6.56. The zero-order valence-electron chi connectivity index (χ0n) is 11.7. The zero-order chi connectivity index (χ0) is 15.7. The van der Waals surface area contributed by atoms with Gasteiger partial charge in [-0.05, 0) is 47.7 Å². The molecule has 0 spiro atoms. The molecule has 2 aromatic carbocycles. The van der Waals surface area contributed by atoms with E-state index in [0.717, 1.165) is 3.57 Å². The lowest BCUT2D eigenvalue weighted by atomic mass is 10.1. The number of carbonyl (C=O) groups excluding carboxylic acids is 2. The Balaban J connectivity index is 1.97. The van der Waals surface area contributed by atoms with E-state index in [0.29, 0.717) is 28.3 Å². The standard InChI is InChI=1S/C16H12INO4/c1-9(19)11-6-14-15(22-8-21-14)7-13(11)18-16(20)10-4-2-3-5-12(10)17/h2-7H,8H2,1H3,(H,18,20). The smallest absolute Gasteiger partial charge is 0.256 e. The summed E-state index contributed by atoms with van der Waals surface area (Å²) in [6.45, 7) is 1.56. The van der Waals surface area contributed by atoms with Gasteiger partial charge in [0.05, 0.1) is 11.3 Å². The molecule has 0 unspecified atom stereocenters. The second kappa shape index (κ2) is 5.96. The van der Waals surface area contributed by atoms with Crippen molar-refractivity contribution < 1.29 is 19.1 Å². The quantitative estimate of drug-likeness (QED) is 0.623. The van der Waals surface area contributed by atoms with Crippen molar-refractivity contribution in [3.63, 3.8) is 0 Å². The molecule has 112 valence electrons. The molecule has 1 aliphatic rings. The predicted octanol–water partition coefficient (Wildman–Crippen LogP) is 3.47. The molecule has 0 bridgehead atoms. The molecule has 0 fully saturated rings. The summed E-state index contributed by atoms with van der Waals surface area (Å²) < 4.78 is 11.4. The van der Waals surface area contributed by atoms with Crippen molar-refractivity contribution in [2.24, 2.45) is 0 Å². The second-order valence-electron chi connectivity index (χ2n) is 4.74. The predicted molar refractivity (Wildman–Crippen MR) is 89.7 cm³/mol. The maximum atomic E-state index is 12.4. The average molecular weight is 409 g/mol. The number of amides is 1. The number of Topliss-reactive ketones (excluding diaryl/α,β-unsaturated/α-hetero) is 1. The monoisotopic (exact) mass is 409 g/mol. The van der Waals surface area contributed by atoms with Crippen molar-refractivity contribution >= 4 is 40.0 Å². The van der Waals surface area contributed by atoms with E-state index in [9.17, 15) is 9.59 Å². The van der Waals surface area contributed by atoms with Gasteiger partial charge in [0.2, 0.25) is 6.79 Å². The normalized spacial score (nSPS) is 12.1. The highest BCUT2D eigenvalue weighted by molar-refractivity contribution is 14.1. The topological polar surface area (TPSA) is 64.6 Å². The molecule has 3 rings (SSSR count). The first-order valence-corrected chi connectivity index (χ1v) is 7.64. The molecule has 0 atom stereocenters. The fourth-order valence-electron chi connectivity index (χ4n) is 2.17. The van der Waals surface area contributed by atoms with E-state index in [-0.39, 0.29) is 18.5 Å². The van der Waals surface area contributed by atoms with Crippen LogP contribution in [0.4, 0.5) is 5.69 Å². The van der Waals surface area contributed by atoms with Crippen LogP contribution in [0.5, 0.6) is 11.5 Å². The van der Waals surface area contributed by atoms with Crippen molar-refractivity contribution in [2.45, 2.75) is 6.92 Å². The number of ether oxygens (including phenoxy) is 2. The molecule has 1 N–H and O–H groups in total. The third-order valence-corrected chi connectivity index (χ3v) is 4.20. The average Bonchev–Trinajstić information content (AvgIpc) is 2.93. The first kappa shape index (κ1) is 14.8. The van der Waals surface area contributed by atoms with Crippen LogP contribution in [0.3, 0.4) is 0 Å². The van der Waals surface area contributed by atoms with Crippen LogP contribution in [-0.2, 0) is 0 Å². The Bertz CT molecular complexity index is 773. The lowest BCUT2D eigenvalue weighted by Crippen LogP contribution is -2.15. The molecule has 1 heterocycles. The van der Waals surface area contributed by atoms with E-state index in [2.05, 4.69) is 27.9 Å². The van der Waals surface area contributed by atoms with E-state index >= 15 is 0 Å². The molecular formula is C16H12INO4. The fraction of sp³-hybridized carbons (Fsp3) is 0.125. The van der Waals surface area contributed by atoms with E-state index in [1.165, 1.54) is 6.92 Å². The lowest BCUT2D eigenvalue weighted by molar-refractivity contribution is 0.101. The summed E-state index contributed by atoms with van der Waals surface area (Å²) >= 11 is 2.10. The summed E-state index contributed by atoms with van der Waals surface area (Å²) in [6.07, 6.45) is 0. The van der Waals surface area contributed by atoms with E-state index in [1.54, 1.807) is 24.3 Å². The van der Waals surface area contributed by atoms with Crippen molar-refractivity contribution in [3.05, 3.63) is 51.1 Å². The third kappa shape index (κ3) is 2.78. The van der Waals surface area contributed by atoms with Crippen LogP contribution in [0.15, 0.2) is 36.4 Å². The van der Waals surface area contributed by atoms with Crippen molar-refractivity contribution in [1.29, 1.82) is 0 Å². The molecule has 0 aromatic heterocycles. The molecule has 0 saturated carbocycles. The van der Waals surface area contributed by atoms with Crippen LogP contribution in [0.2, 0.25) is 0 Å². The summed E-state index contributed by atoms with van der Waals surface area (Å²) in [5, 5.41) is 2.78. The van der Waals surface area contributed by atoms with E-state index < -0.39 is 0 Å². The second-order valence-corrected chi connectivity index (χ2v) is 5.90. The van der Waals surface area contributed by atoms with Crippen LogP contribution in [0.25, 0.3) is 0 Å². The van der Waals surface area contributed by atoms with Gasteiger partial charge in [0.25, 0.3) is 5.91 Å². The van der Waals surface area contributed by atoms with Crippen molar-refractivity contribution in [3.8, 4) is 11.5 Å². The van der Waals surface area contributed by atoms with Crippen molar-refractivity contribution in [2.75, 3.05) is 12.1 Å². The molecule has 0 aliphatic carbocycles. The lowest BCUT2D eigenvalue weighted by Gasteiger charge is -2.11. The maximum absolute atomic E-state index is 12.4. The molecular weight excluding hydrogens is 397 g/mol. The summed E-state index contributed by atoms with van der Waals surface area (Å²) in [5.74, 6) is 0.600. The minimum absolute atomic E-state index is 0.112. The van der Waals surface area contributed by atoms with E-state index in [1.807, 2.05) is 12.1 Å². The maximum Gasteiger partial charge on any atom is 0.256 e. The molecule has 1 aliphatic heterocycles. The largest absolute Gasteiger partial charge is 0.454 e. The highest BCUT2D eigenvalue weighted by atomic mass is 127. The van der Waals surface area contributed by atoms with Gasteiger partial charge in [-0.25, -0.2) is 0 Å². The summed E-state index contributed by atoms with van der Waals surface area (Å²) in [7, 11) is 0. The number of carbonyl (C=O) groups is 2. The van der Waals surface area contributed by atoms with Gasteiger partial charge in [-0.2, -0.15) is 0 Å². The number of halogens is 1. The number of hydrogen-bond acceptors (Lipinski definition) is 4. The Morgan fingerprint density at radius 3 is 2.45 bits per heavy atom. The molecule has 2 aromatic rings. The van der Waals surface area contributed by atoms with Crippen LogP contribution >= 0.6 is 22.6 Å². The fourth-order valence-corrected chi connectivity index (χ4v) is 2.80. The molecule has 5 nitrogen and oxygen atoms in total. The van der Waals surface area contributed by atoms with Crippen LogP contribution in [-0.4, -0.2) is 18.5 Å². The minimum Gasteiger partial charge on any atom is -0.454 e. The number of hydrogen-bond donors (Lipinski definition) is 1. The number of anilines is 1. The van der Waals surface area contributed by atoms with Gasteiger partial charge < -0.3 is 14.8 Å². The van der Waals surface area contributed by atoms with Gasteiger partial charge in [-0.15, -0.1) is 0 Å². The molecule has 0 saturated heterocycles. The summed E-state index contributed by atoms with van der Waals surface area (Å²) in [5.41, 5.74) is 1.36. The first-order chi connectivity index (χ1) is 10.6. The highest BCUT2D eigenvalue weighted by Crippen LogP contribution is 2.37. The Morgan fingerprint density at radius 1 is 1.09 bits per heavy atom. The van der Waals surface area contributed by atoms with Gasteiger partial charge in [-0.1, -0.05) is 12.1 Å². The van der Waals surface area contributed by atoms with Gasteiger partial charge >= 0.3 is 0 Å². The van der Waals surface area contributed by atoms with E-state index in [4.69, 9.17) is 9.47 Å². The molecule has 1 amide bonds. The van der Waals surface area contributed by atoms with Crippen molar-refractivity contribution in [1.82, 2.24) is 0 Å². The Labute approximate surface area is 140 Å².